The van der Waals surface area contributed by atoms with E-state index in [4.69, 9.17) is 9.47 Å². The molecule has 4 aliphatic rings. The first-order valence-corrected chi connectivity index (χ1v) is 13.6. The van der Waals surface area contributed by atoms with Gasteiger partial charge < -0.3 is 14.6 Å². The first-order valence-electron chi connectivity index (χ1n) is 13.6. The SMILES string of the molecule is COCO[C@H]1CC[C@@]2(C)C(=CC[C@H]3[C@@H]4CC[C@H]([C@H](C)CCCC(C)(C)O)[C@@]4(C)CC[C@@H]32)C1. The third kappa shape index (κ3) is 4.60. The number of methoxy groups -OCH3 is 1. The Labute approximate surface area is 197 Å². The van der Waals surface area contributed by atoms with Gasteiger partial charge in [0.05, 0.1) is 11.7 Å². The fraction of sp³-hybridized carbons (Fsp3) is 0.931. The van der Waals surface area contributed by atoms with Crippen molar-refractivity contribution in [2.45, 2.75) is 117 Å². The molecule has 4 rings (SSSR count). The summed E-state index contributed by atoms with van der Waals surface area (Å²) in [5, 5.41) is 10.1. The minimum atomic E-state index is -0.519. The van der Waals surface area contributed by atoms with Gasteiger partial charge in [-0.2, -0.15) is 0 Å². The van der Waals surface area contributed by atoms with Crippen LogP contribution in [0, 0.1) is 40.4 Å². The molecule has 0 bridgehead atoms. The third-order valence-electron chi connectivity index (χ3n) is 10.7. The summed E-state index contributed by atoms with van der Waals surface area (Å²) in [4.78, 5) is 0. The van der Waals surface area contributed by atoms with Crippen LogP contribution in [0.25, 0.3) is 0 Å². The van der Waals surface area contributed by atoms with Crippen molar-refractivity contribution in [3.63, 3.8) is 0 Å². The van der Waals surface area contributed by atoms with Crippen LogP contribution < -0.4 is 0 Å². The van der Waals surface area contributed by atoms with Crippen molar-refractivity contribution < 1.29 is 14.6 Å². The average molecular weight is 447 g/mol. The van der Waals surface area contributed by atoms with E-state index in [2.05, 4.69) is 26.8 Å². The topological polar surface area (TPSA) is 38.7 Å². The van der Waals surface area contributed by atoms with E-state index in [1.807, 2.05) is 13.8 Å². The van der Waals surface area contributed by atoms with Crippen molar-refractivity contribution in [1.29, 1.82) is 0 Å². The second-order valence-electron chi connectivity index (χ2n) is 13.1. The molecule has 1 N–H and O–H groups in total. The molecule has 0 aliphatic heterocycles. The van der Waals surface area contributed by atoms with Crippen molar-refractivity contribution in [2.75, 3.05) is 13.9 Å². The lowest BCUT2D eigenvalue weighted by Crippen LogP contribution is -2.51. The zero-order valence-corrected chi connectivity index (χ0v) is 21.8. The molecule has 0 unspecified atom stereocenters. The quantitative estimate of drug-likeness (QED) is 0.318. The fourth-order valence-corrected chi connectivity index (χ4v) is 8.97. The van der Waals surface area contributed by atoms with Gasteiger partial charge in [-0.15, -0.1) is 0 Å². The predicted octanol–water partition coefficient (Wildman–Crippen LogP) is 7.13. The van der Waals surface area contributed by atoms with E-state index in [9.17, 15) is 5.11 Å². The van der Waals surface area contributed by atoms with E-state index >= 15 is 0 Å². The molecule has 0 amide bonds. The first kappa shape index (κ1) is 24.7. The molecule has 0 radical (unpaired) electrons. The molecule has 0 aromatic rings. The Balaban J connectivity index is 1.44. The highest BCUT2D eigenvalue weighted by atomic mass is 16.7. The van der Waals surface area contributed by atoms with Gasteiger partial charge in [-0.3, -0.25) is 0 Å². The van der Waals surface area contributed by atoms with E-state index in [1.165, 1.54) is 51.4 Å². The van der Waals surface area contributed by atoms with Crippen LogP contribution in [-0.4, -0.2) is 30.7 Å². The molecule has 0 heterocycles. The van der Waals surface area contributed by atoms with Crippen LogP contribution in [0.2, 0.25) is 0 Å². The van der Waals surface area contributed by atoms with E-state index < -0.39 is 5.60 Å². The fourth-order valence-electron chi connectivity index (χ4n) is 8.97. The van der Waals surface area contributed by atoms with Gasteiger partial charge in [0, 0.05) is 7.11 Å². The maximum atomic E-state index is 10.1. The van der Waals surface area contributed by atoms with E-state index in [0.717, 1.165) is 48.9 Å². The zero-order chi connectivity index (χ0) is 23.1. The lowest BCUT2D eigenvalue weighted by atomic mass is 9.47. The second-order valence-corrected chi connectivity index (χ2v) is 13.1. The van der Waals surface area contributed by atoms with Gasteiger partial charge >= 0.3 is 0 Å². The van der Waals surface area contributed by atoms with Crippen LogP contribution >= 0.6 is 0 Å². The molecule has 3 fully saturated rings. The molecule has 8 atom stereocenters. The summed E-state index contributed by atoms with van der Waals surface area (Å²) in [6, 6.07) is 0. The van der Waals surface area contributed by atoms with Crippen LogP contribution in [-0.2, 0) is 9.47 Å². The molecule has 4 aliphatic carbocycles. The Hall–Kier alpha value is -0.380. The van der Waals surface area contributed by atoms with E-state index in [1.54, 1.807) is 12.7 Å². The van der Waals surface area contributed by atoms with Crippen molar-refractivity contribution in [2.24, 2.45) is 40.4 Å². The van der Waals surface area contributed by atoms with Gasteiger partial charge in [-0.1, -0.05) is 45.3 Å². The Morgan fingerprint density at radius 3 is 2.62 bits per heavy atom. The molecule has 0 spiro atoms. The Bertz CT molecular complexity index is 678. The monoisotopic (exact) mass is 446 g/mol. The maximum Gasteiger partial charge on any atom is 0.146 e. The maximum absolute atomic E-state index is 10.1. The number of rotatable bonds is 8. The van der Waals surface area contributed by atoms with Crippen LogP contribution in [0.15, 0.2) is 11.6 Å². The minimum Gasteiger partial charge on any atom is -0.390 e. The van der Waals surface area contributed by atoms with Gasteiger partial charge in [-0.25, -0.2) is 0 Å². The highest BCUT2D eigenvalue weighted by molar-refractivity contribution is 5.25. The van der Waals surface area contributed by atoms with Crippen LogP contribution in [0.3, 0.4) is 0 Å². The highest BCUT2D eigenvalue weighted by Gasteiger charge is 2.59. The summed E-state index contributed by atoms with van der Waals surface area (Å²) in [5.41, 5.74) is 2.10. The first-order chi connectivity index (χ1) is 15.1. The molecule has 0 saturated heterocycles. The summed E-state index contributed by atoms with van der Waals surface area (Å²) >= 11 is 0. The van der Waals surface area contributed by atoms with Crippen molar-refractivity contribution in [1.82, 2.24) is 0 Å². The third-order valence-corrected chi connectivity index (χ3v) is 10.7. The largest absolute Gasteiger partial charge is 0.390 e. The molecular formula is C29H50O3. The van der Waals surface area contributed by atoms with Gasteiger partial charge in [-0.05, 0) is 112 Å². The molecule has 0 aromatic heterocycles. The highest BCUT2D eigenvalue weighted by Crippen LogP contribution is 2.67. The lowest BCUT2D eigenvalue weighted by Gasteiger charge is -2.58. The number of aliphatic hydroxyl groups is 1. The van der Waals surface area contributed by atoms with Crippen LogP contribution in [0.1, 0.15) is 105 Å². The number of fused-ring (bicyclic) bond motifs is 5. The normalized spacial score (nSPS) is 42.6. The Kier molecular flexibility index (Phi) is 7.22. The standard InChI is InChI=1S/C29H50O3/c1-20(8-7-15-27(2,3)30)24-11-12-25-23-10-9-21-18-22(32-19-31-6)13-16-28(21,4)26(23)14-17-29(24,25)5/h9,20,22-26,30H,7-8,10-19H2,1-6H3/t20-,22+,23+,24-,25+,26+,28+,29-/m1/s1. The second kappa shape index (κ2) is 9.34. The lowest BCUT2D eigenvalue weighted by molar-refractivity contribution is -0.0985. The van der Waals surface area contributed by atoms with Crippen molar-refractivity contribution in [3.8, 4) is 0 Å². The molecule has 3 saturated carbocycles. The Morgan fingerprint density at radius 2 is 1.91 bits per heavy atom. The summed E-state index contributed by atoms with van der Waals surface area (Å²) in [6.07, 6.45) is 16.9. The summed E-state index contributed by atoms with van der Waals surface area (Å²) in [5.74, 6) is 4.30. The summed E-state index contributed by atoms with van der Waals surface area (Å²) in [6.45, 7) is 12.1. The number of hydrogen-bond acceptors (Lipinski definition) is 3. The molecule has 3 nitrogen and oxygen atoms in total. The van der Waals surface area contributed by atoms with Gasteiger partial charge in [0.15, 0.2) is 0 Å². The molecule has 0 aromatic carbocycles. The van der Waals surface area contributed by atoms with Crippen LogP contribution in [0.4, 0.5) is 0 Å². The smallest absolute Gasteiger partial charge is 0.146 e. The molecular weight excluding hydrogens is 396 g/mol. The summed E-state index contributed by atoms with van der Waals surface area (Å²) in [7, 11) is 1.72. The van der Waals surface area contributed by atoms with Gasteiger partial charge in [0.25, 0.3) is 0 Å². The van der Waals surface area contributed by atoms with Crippen molar-refractivity contribution >= 4 is 0 Å². The van der Waals surface area contributed by atoms with Gasteiger partial charge in [0.1, 0.15) is 6.79 Å². The number of hydrogen-bond donors (Lipinski definition) is 1. The van der Waals surface area contributed by atoms with Crippen molar-refractivity contribution in [3.05, 3.63) is 11.6 Å². The van der Waals surface area contributed by atoms with Gasteiger partial charge in [0.2, 0.25) is 0 Å². The Morgan fingerprint density at radius 1 is 1.12 bits per heavy atom. The minimum absolute atomic E-state index is 0.347. The average Bonchev–Trinajstić information content (AvgIpc) is 3.08. The molecule has 184 valence electrons. The number of allylic oxidation sites excluding steroid dienone is 1. The predicted molar refractivity (Wildman–Crippen MR) is 131 cm³/mol. The molecule has 3 heteroatoms. The van der Waals surface area contributed by atoms with Crippen LogP contribution in [0.5, 0.6) is 0 Å². The molecule has 32 heavy (non-hydrogen) atoms. The zero-order valence-electron chi connectivity index (χ0n) is 21.8. The van der Waals surface area contributed by atoms with E-state index in [0.29, 0.717) is 23.7 Å². The summed E-state index contributed by atoms with van der Waals surface area (Å²) < 4.78 is 11.1. The number of ether oxygens (including phenoxy) is 2. The van der Waals surface area contributed by atoms with E-state index in [-0.39, 0.29) is 0 Å².